The van der Waals surface area contributed by atoms with Crippen LogP contribution in [0.25, 0.3) is 0 Å². The Morgan fingerprint density at radius 1 is 1.40 bits per heavy atom. The molecule has 0 amide bonds. The summed E-state index contributed by atoms with van der Waals surface area (Å²) < 4.78 is 17.3. The van der Waals surface area contributed by atoms with Gasteiger partial charge in [-0.2, -0.15) is 0 Å². The van der Waals surface area contributed by atoms with E-state index >= 15 is 0 Å². The molecule has 108 valence electrons. The zero-order chi connectivity index (χ0) is 14.9. The van der Waals surface area contributed by atoms with Gasteiger partial charge in [0, 0.05) is 11.8 Å². The monoisotopic (exact) mass is 314 g/mol. The van der Waals surface area contributed by atoms with Gasteiger partial charge in [-0.15, -0.1) is 5.10 Å². The molecule has 0 aliphatic heterocycles. The van der Waals surface area contributed by atoms with Gasteiger partial charge in [-0.25, -0.2) is 4.39 Å². The van der Waals surface area contributed by atoms with Crippen molar-refractivity contribution < 1.29 is 9.50 Å². The van der Waals surface area contributed by atoms with Gasteiger partial charge in [0.05, 0.1) is 21.7 Å². The first-order valence-electron chi connectivity index (χ1n) is 6.24. The Kier molecular flexibility index (Phi) is 4.42. The van der Waals surface area contributed by atoms with Crippen molar-refractivity contribution in [3.05, 3.63) is 45.2 Å². The molecule has 6 heteroatoms. The number of benzene rings is 1. The summed E-state index contributed by atoms with van der Waals surface area (Å²) in [6.45, 7) is 6.03. The minimum atomic E-state index is -0.788. The van der Waals surface area contributed by atoms with E-state index in [0.717, 1.165) is 5.69 Å². The summed E-state index contributed by atoms with van der Waals surface area (Å²) in [6, 6.07) is 4.59. The Morgan fingerprint density at radius 2 is 2.10 bits per heavy atom. The zero-order valence-electron chi connectivity index (χ0n) is 11.5. The van der Waals surface area contributed by atoms with Crippen molar-refractivity contribution in [1.29, 1.82) is 0 Å². The summed E-state index contributed by atoms with van der Waals surface area (Å²) in [4.78, 5) is 0.706. The summed E-state index contributed by atoms with van der Waals surface area (Å²) in [7, 11) is 0. The minimum absolute atomic E-state index is 0.0568. The molecule has 0 radical (unpaired) electrons. The van der Waals surface area contributed by atoms with E-state index in [-0.39, 0.29) is 16.9 Å². The highest BCUT2D eigenvalue weighted by Gasteiger charge is 2.26. The van der Waals surface area contributed by atoms with Crippen molar-refractivity contribution in [2.24, 2.45) is 0 Å². The van der Waals surface area contributed by atoms with Crippen molar-refractivity contribution in [2.75, 3.05) is 0 Å². The Hall–Kier alpha value is -1.04. The van der Waals surface area contributed by atoms with E-state index in [2.05, 4.69) is 9.59 Å². The molecule has 1 atom stereocenters. The van der Waals surface area contributed by atoms with Gasteiger partial charge in [0.25, 0.3) is 0 Å². The third-order valence-electron chi connectivity index (χ3n) is 2.97. The highest BCUT2D eigenvalue weighted by atomic mass is 35.5. The number of nitrogens with zero attached hydrogens (tertiary/aromatic N) is 2. The van der Waals surface area contributed by atoms with Gasteiger partial charge in [0.2, 0.25) is 0 Å². The van der Waals surface area contributed by atoms with Crippen LogP contribution in [0.4, 0.5) is 4.39 Å². The molecule has 0 saturated heterocycles. The first kappa shape index (κ1) is 15.4. The third kappa shape index (κ3) is 3.16. The molecule has 1 heterocycles. The van der Waals surface area contributed by atoms with Crippen molar-refractivity contribution in [3.8, 4) is 0 Å². The van der Waals surface area contributed by atoms with Crippen LogP contribution in [0.5, 0.6) is 0 Å². The molecule has 0 spiro atoms. The van der Waals surface area contributed by atoms with Crippen LogP contribution in [-0.2, 0) is 11.8 Å². The van der Waals surface area contributed by atoms with E-state index in [1.165, 1.54) is 17.6 Å². The molecule has 2 aromatic rings. The molecule has 2 rings (SSSR count). The van der Waals surface area contributed by atoms with Crippen LogP contribution in [-0.4, -0.2) is 14.7 Å². The van der Waals surface area contributed by atoms with Crippen molar-refractivity contribution in [1.82, 2.24) is 9.59 Å². The largest absolute Gasteiger partial charge is 0.387 e. The highest BCUT2D eigenvalue weighted by molar-refractivity contribution is 7.05. The maximum atomic E-state index is 13.4. The summed E-state index contributed by atoms with van der Waals surface area (Å²) in [5.41, 5.74) is 1.14. The lowest BCUT2D eigenvalue weighted by atomic mass is 9.89. The molecule has 1 aromatic heterocycles. The summed E-state index contributed by atoms with van der Waals surface area (Å²) in [5.74, 6) is -0.477. The second-order valence-corrected chi connectivity index (χ2v) is 6.83. The van der Waals surface area contributed by atoms with Crippen LogP contribution in [0, 0.1) is 5.82 Å². The molecule has 0 aliphatic carbocycles. The molecule has 0 fully saturated rings. The SMILES string of the molecule is CC(C)(C)c1nnsc1C(O)Cc1cccc(F)c1Cl. The number of aliphatic hydroxyl groups excluding tert-OH is 1. The van der Waals surface area contributed by atoms with Crippen LogP contribution >= 0.6 is 23.1 Å². The van der Waals surface area contributed by atoms with Gasteiger partial charge in [-0.1, -0.05) is 49.0 Å². The molecule has 0 saturated carbocycles. The number of aromatic nitrogens is 2. The average Bonchev–Trinajstić information content (AvgIpc) is 2.84. The normalized spacial score (nSPS) is 13.5. The van der Waals surface area contributed by atoms with E-state index in [1.807, 2.05) is 20.8 Å². The van der Waals surface area contributed by atoms with Gasteiger partial charge < -0.3 is 5.11 Å². The lowest BCUT2D eigenvalue weighted by molar-refractivity contribution is 0.179. The topological polar surface area (TPSA) is 46.0 Å². The van der Waals surface area contributed by atoms with E-state index in [0.29, 0.717) is 10.4 Å². The Balaban J connectivity index is 2.27. The van der Waals surface area contributed by atoms with Crippen LogP contribution < -0.4 is 0 Å². The van der Waals surface area contributed by atoms with Crippen LogP contribution in [0.1, 0.15) is 43.0 Å². The number of halogens is 2. The van der Waals surface area contributed by atoms with Crippen molar-refractivity contribution in [2.45, 2.75) is 38.7 Å². The van der Waals surface area contributed by atoms with Crippen LogP contribution in [0.3, 0.4) is 0 Å². The smallest absolute Gasteiger partial charge is 0.142 e. The van der Waals surface area contributed by atoms with Gasteiger partial charge in [-0.05, 0) is 23.2 Å². The molecule has 0 bridgehead atoms. The lowest BCUT2D eigenvalue weighted by Gasteiger charge is -2.19. The van der Waals surface area contributed by atoms with Gasteiger partial charge in [-0.3, -0.25) is 0 Å². The predicted octanol–water partition coefficient (Wildman–Crippen LogP) is 3.90. The Morgan fingerprint density at radius 3 is 2.75 bits per heavy atom. The lowest BCUT2D eigenvalue weighted by Crippen LogP contribution is -2.16. The first-order valence-corrected chi connectivity index (χ1v) is 7.39. The predicted molar refractivity (Wildman–Crippen MR) is 78.7 cm³/mol. The zero-order valence-corrected chi connectivity index (χ0v) is 13.1. The van der Waals surface area contributed by atoms with Crippen molar-refractivity contribution in [3.63, 3.8) is 0 Å². The Bertz CT molecular complexity index is 609. The fraction of sp³-hybridized carbons (Fsp3) is 0.429. The molecular weight excluding hydrogens is 299 g/mol. The fourth-order valence-corrected chi connectivity index (χ4v) is 3.00. The maximum Gasteiger partial charge on any atom is 0.142 e. The minimum Gasteiger partial charge on any atom is -0.387 e. The summed E-state index contributed by atoms with van der Waals surface area (Å²) in [5, 5.41) is 14.5. The van der Waals surface area contributed by atoms with Gasteiger partial charge in [0.15, 0.2) is 0 Å². The molecular formula is C14H16ClFN2OS. The quantitative estimate of drug-likeness (QED) is 0.934. The molecule has 1 N–H and O–H groups in total. The standard InChI is InChI=1S/C14H16ClFN2OS/c1-14(2,3)13-12(20-18-17-13)10(19)7-8-5-4-6-9(16)11(8)15/h4-6,10,19H,7H2,1-3H3. The molecule has 1 unspecified atom stereocenters. The van der Waals surface area contributed by atoms with E-state index in [4.69, 9.17) is 11.6 Å². The first-order chi connectivity index (χ1) is 9.30. The van der Waals surface area contributed by atoms with Crippen LogP contribution in [0.15, 0.2) is 18.2 Å². The number of rotatable bonds is 3. The molecule has 1 aromatic carbocycles. The number of hydrogen-bond donors (Lipinski definition) is 1. The average molecular weight is 315 g/mol. The second-order valence-electron chi connectivity index (χ2n) is 5.67. The maximum absolute atomic E-state index is 13.4. The van der Waals surface area contributed by atoms with Gasteiger partial charge in [0.1, 0.15) is 5.82 Å². The fourth-order valence-electron chi connectivity index (χ4n) is 1.94. The number of hydrogen-bond acceptors (Lipinski definition) is 4. The van der Waals surface area contributed by atoms with E-state index < -0.39 is 11.9 Å². The number of aliphatic hydroxyl groups is 1. The second kappa shape index (κ2) is 5.76. The molecule has 3 nitrogen and oxygen atoms in total. The third-order valence-corrected chi connectivity index (χ3v) is 4.22. The van der Waals surface area contributed by atoms with E-state index in [1.54, 1.807) is 12.1 Å². The van der Waals surface area contributed by atoms with E-state index in [9.17, 15) is 9.50 Å². The van der Waals surface area contributed by atoms with Gasteiger partial charge >= 0.3 is 0 Å². The summed E-state index contributed by atoms with van der Waals surface area (Å²) >= 11 is 7.08. The Labute approximate surface area is 126 Å². The van der Waals surface area contributed by atoms with Crippen molar-refractivity contribution >= 4 is 23.1 Å². The molecule has 20 heavy (non-hydrogen) atoms. The molecule has 0 aliphatic rings. The highest BCUT2D eigenvalue weighted by Crippen LogP contribution is 2.33. The van der Waals surface area contributed by atoms with Crippen LogP contribution in [0.2, 0.25) is 5.02 Å². The summed E-state index contributed by atoms with van der Waals surface area (Å²) in [6.07, 6.45) is -0.549.